The molecule has 7 nitrogen and oxygen atoms in total. The topological polar surface area (TPSA) is 110 Å². The van der Waals surface area contributed by atoms with Crippen molar-refractivity contribution in [2.75, 3.05) is 19.7 Å². The molecule has 0 aromatic carbocycles. The molecule has 0 aromatic rings. The Morgan fingerprint density at radius 3 is 2.42 bits per heavy atom. The molecule has 1 aliphatic rings. The maximum atomic E-state index is 12.0. The highest BCUT2D eigenvalue weighted by Gasteiger charge is 2.32. The maximum Gasteiger partial charge on any atom is 0.337 e. The van der Waals surface area contributed by atoms with E-state index in [-0.39, 0.29) is 25.7 Å². The van der Waals surface area contributed by atoms with Gasteiger partial charge in [0, 0.05) is 12.6 Å². The molecule has 1 unspecified atom stereocenters. The van der Waals surface area contributed by atoms with Gasteiger partial charge in [0.15, 0.2) is 5.60 Å². The van der Waals surface area contributed by atoms with Crippen molar-refractivity contribution >= 4 is 12.0 Å². The van der Waals surface area contributed by atoms with E-state index in [0.29, 0.717) is 0 Å². The van der Waals surface area contributed by atoms with Crippen LogP contribution in [0.5, 0.6) is 0 Å². The minimum atomic E-state index is -1.99. The minimum Gasteiger partial charge on any atom is -0.479 e. The van der Waals surface area contributed by atoms with Gasteiger partial charge in [0.25, 0.3) is 0 Å². The molecule has 1 fully saturated rings. The normalized spacial score (nSPS) is 18.9. The molecule has 0 heterocycles. The van der Waals surface area contributed by atoms with Gasteiger partial charge in [-0.2, -0.15) is 0 Å². The number of carbonyl (C=O) groups excluding carboxylic acids is 1. The maximum absolute atomic E-state index is 12.0. The molecule has 0 bridgehead atoms. The summed E-state index contributed by atoms with van der Waals surface area (Å²) in [5, 5.41) is 29.7. The van der Waals surface area contributed by atoms with Crippen molar-refractivity contribution in [3.63, 3.8) is 0 Å². The summed E-state index contributed by atoms with van der Waals surface area (Å²) in [6, 6.07) is -0.357. The third-order valence-corrected chi connectivity index (χ3v) is 3.41. The fraction of sp³-hybridized carbons (Fsp3) is 0.833. The van der Waals surface area contributed by atoms with E-state index in [1.807, 2.05) is 0 Å². The number of hydrogen-bond acceptors (Lipinski definition) is 4. The highest BCUT2D eigenvalue weighted by molar-refractivity contribution is 5.79. The summed E-state index contributed by atoms with van der Waals surface area (Å²) in [5.41, 5.74) is -1.99. The van der Waals surface area contributed by atoms with Crippen LogP contribution in [0.3, 0.4) is 0 Å². The van der Waals surface area contributed by atoms with E-state index in [4.69, 9.17) is 10.2 Å². The van der Waals surface area contributed by atoms with E-state index in [2.05, 4.69) is 5.32 Å². The molecule has 0 radical (unpaired) electrons. The SMILES string of the molecule is CC(O)(CNC(=O)N(CCO)C1CCCC1)C(=O)O. The molecule has 0 saturated heterocycles. The molecule has 110 valence electrons. The van der Waals surface area contributed by atoms with Crippen LogP contribution in [-0.4, -0.2) is 63.6 Å². The van der Waals surface area contributed by atoms with Crippen molar-refractivity contribution in [1.29, 1.82) is 0 Å². The number of aliphatic hydroxyl groups excluding tert-OH is 1. The first-order chi connectivity index (χ1) is 8.88. The van der Waals surface area contributed by atoms with E-state index in [1.54, 1.807) is 0 Å². The zero-order chi connectivity index (χ0) is 14.5. The molecule has 7 heteroatoms. The van der Waals surface area contributed by atoms with Crippen LogP contribution in [0.2, 0.25) is 0 Å². The van der Waals surface area contributed by atoms with Crippen molar-refractivity contribution in [3.05, 3.63) is 0 Å². The first-order valence-electron chi connectivity index (χ1n) is 6.49. The number of carboxylic acids is 1. The molecular weight excluding hydrogens is 252 g/mol. The van der Waals surface area contributed by atoms with Crippen LogP contribution in [0.25, 0.3) is 0 Å². The van der Waals surface area contributed by atoms with Gasteiger partial charge in [-0.3, -0.25) is 0 Å². The van der Waals surface area contributed by atoms with Crippen LogP contribution in [0.4, 0.5) is 4.79 Å². The Morgan fingerprint density at radius 2 is 1.95 bits per heavy atom. The number of carbonyl (C=O) groups is 2. The number of carboxylic acid groups (broad SMARTS) is 1. The fourth-order valence-corrected chi connectivity index (χ4v) is 2.20. The van der Waals surface area contributed by atoms with Crippen LogP contribution < -0.4 is 5.32 Å². The quantitative estimate of drug-likeness (QED) is 0.535. The van der Waals surface area contributed by atoms with E-state index in [9.17, 15) is 14.7 Å². The van der Waals surface area contributed by atoms with Crippen molar-refractivity contribution in [3.8, 4) is 0 Å². The largest absolute Gasteiger partial charge is 0.479 e. The first-order valence-corrected chi connectivity index (χ1v) is 6.49. The summed E-state index contributed by atoms with van der Waals surface area (Å²) in [6.07, 6.45) is 3.88. The van der Waals surface area contributed by atoms with Crippen molar-refractivity contribution in [2.24, 2.45) is 0 Å². The molecule has 1 saturated carbocycles. The van der Waals surface area contributed by atoms with Crippen molar-refractivity contribution in [2.45, 2.75) is 44.2 Å². The van der Waals surface area contributed by atoms with Gasteiger partial charge in [0.1, 0.15) is 0 Å². The molecule has 0 spiro atoms. The second kappa shape index (κ2) is 6.72. The Kier molecular flexibility index (Phi) is 5.56. The van der Waals surface area contributed by atoms with Crippen LogP contribution >= 0.6 is 0 Å². The summed E-state index contributed by atoms with van der Waals surface area (Å²) in [6.45, 7) is 0.836. The average Bonchev–Trinajstić information content (AvgIpc) is 2.86. The van der Waals surface area contributed by atoms with Gasteiger partial charge in [0.2, 0.25) is 0 Å². The summed E-state index contributed by atoms with van der Waals surface area (Å²) in [5.74, 6) is -1.39. The van der Waals surface area contributed by atoms with Crippen LogP contribution in [0.1, 0.15) is 32.6 Å². The van der Waals surface area contributed by atoms with Gasteiger partial charge in [-0.05, 0) is 19.8 Å². The molecule has 0 aliphatic heterocycles. The predicted octanol–water partition coefficient (Wildman–Crippen LogP) is -0.231. The molecule has 4 N–H and O–H groups in total. The first kappa shape index (κ1) is 15.7. The van der Waals surface area contributed by atoms with Gasteiger partial charge < -0.3 is 25.5 Å². The third-order valence-electron chi connectivity index (χ3n) is 3.41. The highest BCUT2D eigenvalue weighted by Crippen LogP contribution is 2.23. The second-order valence-electron chi connectivity index (χ2n) is 5.09. The Bertz CT molecular complexity index is 326. The van der Waals surface area contributed by atoms with Gasteiger partial charge in [-0.25, -0.2) is 9.59 Å². The Balaban J connectivity index is 2.55. The summed E-state index contributed by atoms with van der Waals surface area (Å²) in [7, 11) is 0. The van der Waals surface area contributed by atoms with Gasteiger partial charge in [-0.15, -0.1) is 0 Å². The smallest absolute Gasteiger partial charge is 0.337 e. The number of urea groups is 1. The number of rotatable bonds is 6. The number of amides is 2. The lowest BCUT2D eigenvalue weighted by Gasteiger charge is -2.29. The van der Waals surface area contributed by atoms with E-state index in [0.717, 1.165) is 32.6 Å². The van der Waals surface area contributed by atoms with Crippen LogP contribution in [-0.2, 0) is 4.79 Å². The molecule has 1 aliphatic carbocycles. The Hall–Kier alpha value is -1.34. The van der Waals surface area contributed by atoms with Crippen LogP contribution in [0.15, 0.2) is 0 Å². The number of aliphatic hydroxyl groups is 2. The lowest BCUT2D eigenvalue weighted by atomic mass is 10.1. The molecule has 1 rings (SSSR count). The fourth-order valence-electron chi connectivity index (χ4n) is 2.20. The van der Waals surface area contributed by atoms with E-state index >= 15 is 0 Å². The van der Waals surface area contributed by atoms with Crippen LogP contribution in [0, 0.1) is 0 Å². The van der Waals surface area contributed by atoms with E-state index < -0.39 is 17.6 Å². The number of nitrogens with zero attached hydrogens (tertiary/aromatic N) is 1. The molecular formula is C12H22N2O5. The monoisotopic (exact) mass is 274 g/mol. The molecule has 19 heavy (non-hydrogen) atoms. The minimum absolute atomic E-state index is 0.0851. The molecule has 1 atom stereocenters. The third kappa shape index (κ3) is 4.36. The average molecular weight is 274 g/mol. The van der Waals surface area contributed by atoms with Gasteiger partial charge >= 0.3 is 12.0 Å². The lowest BCUT2D eigenvalue weighted by Crippen LogP contribution is -2.52. The van der Waals surface area contributed by atoms with Gasteiger partial charge in [-0.1, -0.05) is 12.8 Å². The zero-order valence-corrected chi connectivity index (χ0v) is 11.1. The number of nitrogens with one attached hydrogen (secondary N) is 1. The second-order valence-corrected chi connectivity index (χ2v) is 5.09. The van der Waals surface area contributed by atoms with Crippen molar-refractivity contribution < 1.29 is 24.9 Å². The molecule has 2 amide bonds. The molecule has 0 aromatic heterocycles. The summed E-state index contributed by atoms with van der Waals surface area (Å²) >= 11 is 0. The number of hydrogen-bond donors (Lipinski definition) is 4. The van der Waals surface area contributed by atoms with Gasteiger partial charge in [0.05, 0.1) is 13.2 Å². The summed E-state index contributed by atoms with van der Waals surface area (Å²) < 4.78 is 0. The highest BCUT2D eigenvalue weighted by atomic mass is 16.4. The Morgan fingerprint density at radius 1 is 1.37 bits per heavy atom. The summed E-state index contributed by atoms with van der Waals surface area (Å²) in [4.78, 5) is 24.2. The van der Waals surface area contributed by atoms with Crippen molar-refractivity contribution in [1.82, 2.24) is 10.2 Å². The van der Waals surface area contributed by atoms with E-state index in [1.165, 1.54) is 4.90 Å². The Labute approximate surface area is 112 Å². The predicted molar refractivity (Wildman–Crippen MR) is 67.7 cm³/mol. The zero-order valence-electron chi connectivity index (χ0n) is 11.1. The standard InChI is InChI=1S/C12H22N2O5/c1-12(19,10(16)17)8-13-11(18)14(6-7-15)9-4-2-3-5-9/h9,15,19H,2-8H2,1H3,(H,13,18)(H,16,17). The number of aliphatic carboxylic acids is 1. The lowest BCUT2D eigenvalue weighted by molar-refractivity contribution is -0.155.